The van der Waals surface area contributed by atoms with Crippen molar-refractivity contribution >= 4 is 17.2 Å². The maximum absolute atomic E-state index is 11.2. The third kappa shape index (κ3) is 3.84. The van der Waals surface area contributed by atoms with Gasteiger partial charge in [-0.1, -0.05) is 11.8 Å². The third-order valence-corrected chi connectivity index (χ3v) is 3.75. The quantitative estimate of drug-likeness (QED) is 0.759. The Morgan fingerprint density at radius 1 is 1.44 bits per heavy atom. The first-order chi connectivity index (χ1) is 8.78. The maximum atomic E-state index is 11.2. The molecule has 0 saturated carbocycles. The van der Waals surface area contributed by atoms with E-state index in [4.69, 9.17) is 5.73 Å². The van der Waals surface area contributed by atoms with E-state index in [1.807, 2.05) is 6.07 Å². The summed E-state index contributed by atoms with van der Waals surface area (Å²) < 4.78 is 0. The Labute approximate surface area is 111 Å². The molecule has 0 spiro atoms. The minimum Gasteiger partial charge on any atom is -0.355 e. The van der Waals surface area contributed by atoms with Crippen LogP contribution in [0.25, 0.3) is 0 Å². The smallest absolute Gasteiger partial charge is 0.221 e. The van der Waals surface area contributed by atoms with Gasteiger partial charge in [0, 0.05) is 37.5 Å². The Balaban J connectivity index is 1.92. The first kappa shape index (κ1) is 13.1. The van der Waals surface area contributed by atoms with E-state index in [1.54, 1.807) is 11.3 Å². The zero-order chi connectivity index (χ0) is 12.8. The molecule has 2 heterocycles. The second-order valence-electron chi connectivity index (χ2n) is 4.15. The molecule has 1 aromatic rings. The molecule has 96 valence electrons. The molecule has 1 aliphatic heterocycles. The summed E-state index contributed by atoms with van der Waals surface area (Å²) in [6.45, 7) is 3.77. The third-order valence-electron chi connectivity index (χ3n) is 2.76. The summed E-state index contributed by atoms with van der Waals surface area (Å²) in [5.74, 6) is 6.05. The average Bonchev–Trinajstić information content (AvgIpc) is 2.70. The summed E-state index contributed by atoms with van der Waals surface area (Å²) in [6, 6.07) is 4.13. The number of nitrogens with one attached hydrogen (secondary N) is 1. The fraction of sp³-hybridized carbons (Fsp3) is 0.462. The van der Waals surface area contributed by atoms with Gasteiger partial charge in [-0.25, -0.2) is 0 Å². The molecule has 1 aromatic heterocycles. The summed E-state index contributed by atoms with van der Waals surface area (Å²) in [4.78, 5) is 15.9. The summed E-state index contributed by atoms with van der Waals surface area (Å²) in [5, 5.41) is 2.88. The van der Waals surface area contributed by atoms with Crippen LogP contribution in [0.2, 0.25) is 0 Å². The molecule has 5 heteroatoms. The molecule has 4 nitrogen and oxygen atoms in total. The van der Waals surface area contributed by atoms with Crippen LogP contribution in [0, 0.1) is 11.8 Å². The lowest BCUT2D eigenvalue weighted by Crippen LogP contribution is -2.27. The van der Waals surface area contributed by atoms with Crippen LogP contribution in [0.1, 0.15) is 16.2 Å². The van der Waals surface area contributed by atoms with Crippen LogP contribution in [0.5, 0.6) is 0 Å². The van der Waals surface area contributed by atoms with E-state index in [0.29, 0.717) is 13.0 Å². The summed E-state index contributed by atoms with van der Waals surface area (Å²) in [7, 11) is 0. The van der Waals surface area contributed by atoms with Crippen molar-refractivity contribution in [3.63, 3.8) is 0 Å². The van der Waals surface area contributed by atoms with Crippen molar-refractivity contribution in [1.29, 1.82) is 0 Å². The molecule has 1 amide bonds. The van der Waals surface area contributed by atoms with Crippen LogP contribution in [0.4, 0.5) is 0 Å². The molecule has 1 fully saturated rings. The van der Waals surface area contributed by atoms with E-state index in [9.17, 15) is 4.79 Å². The highest BCUT2D eigenvalue weighted by molar-refractivity contribution is 7.12. The second-order valence-corrected chi connectivity index (χ2v) is 5.32. The fourth-order valence-corrected chi connectivity index (χ4v) is 2.78. The standard InChI is InChI=1S/C13H17N3OS/c14-6-1-2-11-3-4-12(18-11)10-16-8-5-13(17)15-7-9-16/h3-4H,5-10,14H2,(H,15,17). The van der Waals surface area contributed by atoms with Crippen molar-refractivity contribution in [2.75, 3.05) is 26.2 Å². The van der Waals surface area contributed by atoms with Crippen LogP contribution in [0.15, 0.2) is 12.1 Å². The number of nitrogens with zero attached hydrogens (tertiary/aromatic N) is 1. The van der Waals surface area contributed by atoms with Crippen LogP contribution in [0.3, 0.4) is 0 Å². The lowest BCUT2D eigenvalue weighted by molar-refractivity contribution is -0.120. The van der Waals surface area contributed by atoms with Gasteiger partial charge < -0.3 is 11.1 Å². The first-order valence-electron chi connectivity index (χ1n) is 6.04. The number of nitrogens with two attached hydrogens (primary N) is 1. The first-order valence-corrected chi connectivity index (χ1v) is 6.86. The lowest BCUT2D eigenvalue weighted by atomic mass is 10.3. The van der Waals surface area contributed by atoms with E-state index >= 15 is 0 Å². The van der Waals surface area contributed by atoms with Gasteiger partial charge in [-0.2, -0.15) is 0 Å². The molecule has 0 bridgehead atoms. The predicted octanol–water partition coefficient (Wildman–Crippen LogP) is 0.380. The van der Waals surface area contributed by atoms with E-state index in [-0.39, 0.29) is 5.91 Å². The monoisotopic (exact) mass is 263 g/mol. The summed E-state index contributed by atoms with van der Waals surface area (Å²) >= 11 is 1.70. The van der Waals surface area contributed by atoms with Gasteiger partial charge >= 0.3 is 0 Å². The van der Waals surface area contributed by atoms with Gasteiger partial charge in [0.25, 0.3) is 0 Å². The molecule has 0 radical (unpaired) electrons. The SMILES string of the molecule is NCC#Cc1ccc(CN2CCNC(=O)CC2)s1. The second kappa shape index (κ2) is 6.55. The number of thiophene rings is 1. The predicted molar refractivity (Wildman–Crippen MR) is 73.2 cm³/mol. The maximum Gasteiger partial charge on any atom is 0.221 e. The van der Waals surface area contributed by atoms with Gasteiger partial charge in [-0.05, 0) is 12.1 Å². The van der Waals surface area contributed by atoms with Crippen molar-refractivity contribution in [3.8, 4) is 11.8 Å². The van der Waals surface area contributed by atoms with Gasteiger partial charge in [0.05, 0.1) is 11.4 Å². The number of hydrogen-bond acceptors (Lipinski definition) is 4. The molecule has 3 N–H and O–H groups in total. The van der Waals surface area contributed by atoms with Crippen molar-refractivity contribution < 1.29 is 4.79 Å². The van der Waals surface area contributed by atoms with E-state index < -0.39 is 0 Å². The van der Waals surface area contributed by atoms with Crippen molar-refractivity contribution in [2.45, 2.75) is 13.0 Å². The Morgan fingerprint density at radius 3 is 3.17 bits per heavy atom. The zero-order valence-corrected chi connectivity index (χ0v) is 11.1. The molecular weight excluding hydrogens is 246 g/mol. The molecule has 1 saturated heterocycles. The highest BCUT2D eigenvalue weighted by Crippen LogP contribution is 2.17. The number of hydrogen-bond donors (Lipinski definition) is 2. The lowest BCUT2D eigenvalue weighted by Gasteiger charge is -2.17. The zero-order valence-electron chi connectivity index (χ0n) is 10.2. The van der Waals surface area contributed by atoms with Gasteiger partial charge in [-0.3, -0.25) is 9.69 Å². The Bertz CT molecular complexity index is 472. The van der Waals surface area contributed by atoms with Gasteiger partial charge in [0.15, 0.2) is 0 Å². The highest BCUT2D eigenvalue weighted by Gasteiger charge is 2.13. The normalized spacial score (nSPS) is 16.6. The topological polar surface area (TPSA) is 58.4 Å². The summed E-state index contributed by atoms with van der Waals surface area (Å²) in [6.07, 6.45) is 0.589. The fourth-order valence-electron chi connectivity index (χ4n) is 1.86. The Morgan fingerprint density at radius 2 is 2.33 bits per heavy atom. The van der Waals surface area contributed by atoms with Gasteiger partial charge in [0.1, 0.15) is 0 Å². The van der Waals surface area contributed by atoms with Crippen molar-refractivity contribution in [3.05, 3.63) is 21.9 Å². The van der Waals surface area contributed by atoms with Crippen LogP contribution in [-0.4, -0.2) is 37.0 Å². The molecular formula is C13H17N3OS. The van der Waals surface area contributed by atoms with E-state index in [1.165, 1.54) is 4.88 Å². The Kier molecular flexibility index (Phi) is 4.76. The van der Waals surface area contributed by atoms with Gasteiger partial charge in [0.2, 0.25) is 5.91 Å². The Hall–Kier alpha value is -1.35. The molecule has 0 atom stereocenters. The molecule has 0 aromatic carbocycles. The van der Waals surface area contributed by atoms with E-state index in [0.717, 1.165) is 31.1 Å². The minimum atomic E-state index is 0.151. The van der Waals surface area contributed by atoms with Crippen LogP contribution < -0.4 is 11.1 Å². The summed E-state index contributed by atoms with van der Waals surface area (Å²) in [5.41, 5.74) is 5.35. The van der Waals surface area contributed by atoms with E-state index in [2.05, 4.69) is 28.1 Å². The number of carbonyl (C=O) groups is 1. The van der Waals surface area contributed by atoms with Crippen LogP contribution >= 0.6 is 11.3 Å². The average molecular weight is 263 g/mol. The molecule has 0 unspecified atom stereocenters. The highest BCUT2D eigenvalue weighted by atomic mass is 32.1. The largest absolute Gasteiger partial charge is 0.355 e. The molecule has 18 heavy (non-hydrogen) atoms. The van der Waals surface area contributed by atoms with Crippen molar-refractivity contribution in [2.24, 2.45) is 5.73 Å². The minimum absolute atomic E-state index is 0.151. The van der Waals surface area contributed by atoms with Crippen LogP contribution in [-0.2, 0) is 11.3 Å². The molecule has 0 aliphatic carbocycles. The molecule has 1 aliphatic rings. The number of amides is 1. The van der Waals surface area contributed by atoms with Gasteiger partial charge in [-0.15, -0.1) is 11.3 Å². The van der Waals surface area contributed by atoms with Crippen molar-refractivity contribution in [1.82, 2.24) is 10.2 Å². The number of carbonyl (C=O) groups excluding carboxylic acids is 1. The molecule has 2 rings (SSSR count). The number of rotatable bonds is 2.